The second-order valence-electron chi connectivity index (χ2n) is 5.94. The number of hydrogen-bond acceptors (Lipinski definition) is 3. The van der Waals surface area contributed by atoms with E-state index in [1.165, 1.54) is 0 Å². The van der Waals surface area contributed by atoms with E-state index in [2.05, 4.69) is 0 Å². The molecule has 0 radical (unpaired) electrons. The topological polar surface area (TPSA) is 83.6 Å². The van der Waals surface area contributed by atoms with Gasteiger partial charge in [-0.3, -0.25) is 9.59 Å². The van der Waals surface area contributed by atoms with Crippen molar-refractivity contribution in [2.45, 2.75) is 69.4 Å². The van der Waals surface area contributed by atoms with Crippen molar-refractivity contribution in [2.24, 2.45) is 5.73 Å². The molecule has 2 rings (SSSR count). The first kappa shape index (κ1) is 14.3. The van der Waals surface area contributed by atoms with Crippen molar-refractivity contribution >= 4 is 11.9 Å². The Kier molecular flexibility index (Phi) is 4.45. The predicted molar refractivity (Wildman–Crippen MR) is 71.6 cm³/mol. The summed E-state index contributed by atoms with van der Waals surface area (Å²) in [6, 6.07) is 0.0679. The number of carbonyl (C=O) groups excluding carboxylic acids is 1. The molecule has 0 aromatic carbocycles. The third-order valence-corrected chi connectivity index (χ3v) is 4.50. The summed E-state index contributed by atoms with van der Waals surface area (Å²) in [4.78, 5) is 25.2. The SMILES string of the molecule is NC1(C(=O)N2CCCCC2CCC(=O)O)CCCC1. The van der Waals surface area contributed by atoms with Crippen molar-refractivity contribution in [3.8, 4) is 0 Å². The molecule has 1 heterocycles. The Labute approximate surface area is 114 Å². The van der Waals surface area contributed by atoms with Gasteiger partial charge in [-0.1, -0.05) is 12.8 Å². The highest BCUT2D eigenvalue weighted by molar-refractivity contribution is 5.86. The molecule has 108 valence electrons. The van der Waals surface area contributed by atoms with Gasteiger partial charge >= 0.3 is 5.97 Å². The van der Waals surface area contributed by atoms with Gasteiger partial charge in [-0.15, -0.1) is 0 Å². The quantitative estimate of drug-likeness (QED) is 0.809. The van der Waals surface area contributed by atoms with Gasteiger partial charge in [-0.25, -0.2) is 0 Å². The van der Waals surface area contributed by atoms with Crippen LogP contribution in [0.3, 0.4) is 0 Å². The minimum Gasteiger partial charge on any atom is -0.481 e. The predicted octanol–water partition coefficient (Wildman–Crippen LogP) is 1.50. The highest BCUT2D eigenvalue weighted by atomic mass is 16.4. The fourth-order valence-corrected chi connectivity index (χ4v) is 3.36. The number of nitrogens with zero attached hydrogens (tertiary/aromatic N) is 1. The van der Waals surface area contributed by atoms with Gasteiger partial charge in [0, 0.05) is 19.0 Å². The number of piperidine rings is 1. The zero-order valence-electron chi connectivity index (χ0n) is 11.4. The van der Waals surface area contributed by atoms with E-state index < -0.39 is 11.5 Å². The second kappa shape index (κ2) is 5.90. The molecule has 0 aromatic heterocycles. The number of rotatable bonds is 4. The Hall–Kier alpha value is -1.10. The minimum absolute atomic E-state index is 0.0556. The molecule has 3 N–H and O–H groups in total. The van der Waals surface area contributed by atoms with Crippen molar-refractivity contribution in [1.29, 1.82) is 0 Å². The molecule has 1 unspecified atom stereocenters. The van der Waals surface area contributed by atoms with Crippen molar-refractivity contribution < 1.29 is 14.7 Å². The van der Waals surface area contributed by atoms with Gasteiger partial charge in [0.2, 0.25) is 5.91 Å². The summed E-state index contributed by atoms with van der Waals surface area (Å²) in [6.45, 7) is 0.738. The summed E-state index contributed by atoms with van der Waals surface area (Å²) in [5, 5.41) is 8.80. The van der Waals surface area contributed by atoms with Gasteiger partial charge in [-0.05, 0) is 38.5 Å². The highest BCUT2D eigenvalue weighted by Crippen LogP contribution is 2.32. The zero-order valence-corrected chi connectivity index (χ0v) is 11.4. The number of carbonyl (C=O) groups is 2. The molecule has 0 aromatic rings. The fourth-order valence-electron chi connectivity index (χ4n) is 3.36. The third kappa shape index (κ3) is 3.26. The molecular formula is C14H24N2O3. The normalized spacial score (nSPS) is 26.4. The maximum atomic E-state index is 12.6. The summed E-state index contributed by atoms with van der Waals surface area (Å²) >= 11 is 0. The number of carboxylic acid groups (broad SMARTS) is 1. The lowest BCUT2D eigenvalue weighted by Gasteiger charge is -2.40. The monoisotopic (exact) mass is 268 g/mol. The first-order chi connectivity index (χ1) is 9.03. The van der Waals surface area contributed by atoms with Gasteiger partial charge in [0.05, 0.1) is 5.54 Å². The molecular weight excluding hydrogens is 244 g/mol. The molecule has 5 heteroatoms. The zero-order chi connectivity index (χ0) is 13.9. The standard InChI is InChI=1S/C14H24N2O3/c15-14(8-2-3-9-14)13(19)16-10-4-1-5-11(16)6-7-12(17)18/h11H,1-10,15H2,(H,17,18). The third-order valence-electron chi connectivity index (χ3n) is 4.50. The minimum atomic E-state index is -0.790. The maximum absolute atomic E-state index is 12.6. The first-order valence-electron chi connectivity index (χ1n) is 7.35. The maximum Gasteiger partial charge on any atom is 0.303 e. The average Bonchev–Trinajstić information content (AvgIpc) is 2.84. The molecule has 2 fully saturated rings. The fraction of sp³-hybridized carbons (Fsp3) is 0.857. The van der Waals surface area contributed by atoms with Crippen LogP contribution in [0.15, 0.2) is 0 Å². The molecule has 0 bridgehead atoms. The van der Waals surface area contributed by atoms with Crippen LogP contribution in [0.5, 0.6) is 0 Å². The lowest BCUT2D eigenvalue weighted by Crippen LogP contribution is -2.57. The number of carboxylic acids is 1. The van der Waals surface area contributed by atoms with Crippen molar-refractivity contribution in [2.75, 3.05) is 6.54 Å². The molecule has 1 saturated carbocycles. The summed E-state index contributed by atoms with van der Waals surface area (Å²) in [5.41, 5.74) is 5.56. The van der Waals surface area contributed by atoms with E-state index in [1.54, 1.807) is 0 Å². The van der Waals surface area contributed by atoms with Crippen LogP contribution in [0, 0.1) is 0 Å². The van der Waals surface area contributed by atoms with Crippen LogP contribution in [0.2, 0.25) is 0 Å². The van der Waals surface area contributed by atoms with Crippen LogP contribution in [0.4, 0.5) is 0 Å². The van der Waals surface area contributed by atoms with E-state index in [1.807, 2.05) is 4.90 Å². The largest absolute Gasteiger partial charge is 0.481 e. The van der Waals surface area contributed by atoms with Gasteiger partial charge in [0.25, 0.3) is 0 Å². The van der Waals surface area contributed by atoms with E-state index in [-0.39, 0.29) is 18.4 Å². The van der Waals surface area contributed by atoms with Crippen molar-refractivity contribution in [3.05, 3.63) is 0 Å². The van der Waals surface area contributed by atoms with Crippen LogP contribution < -0.4 is 5.73 Å². The average molecular weight is 268 g/mol. The van der Waals surface area contributed by atoms with Gasteiger partial charge < -0.3 is 15.7 Å². The molecule has 5 nitrogen and oxygen atoms in total. The van der Waals surface area contributed by atoms with Crippen LogP contribution in [0.1, 0.15) is 57.8 Å². The molecule has 1 amide bonds. The summed E-state index contributed by atoms with van der Waals surface area (Å²) < 4.78 is 0. The van der Waals surface area contributed by atoms with Crippen LogP contribution in [-0.4, -0.2) is 40.0 Å². The molecule has 1 aliphatic heterocycles. The molecule has 1 aliphatic carbocycles. The summed E-state index contributed by atoms with van der Waals surface area (Å²) in [5.74, 6) is -0.735. The Morgan fingerprint density at radius 2 is 1.89 bits per heavy atom. The summed E-state index contributed by atoms with van der Waals surface area (Å²) in [6.07, 6.45) is 7.27. The molecule has 2 aliphatic rings. The van der Waals surface area contributed by atoms with Gasteiger partial charge in [0.1, 0.15) is 0 Å². The summed E-state index contributed by atoms with van der Waals surface area (Å²) in [7, 11) is 0. The van der Waals surface area contributed by atoms with Crippen LogP contribution in [-0.2, 0) is 9.59 Å². The Morgan fingerprint density at radius 3 is 2.53 bits per heavy atom. The molecule has 19 heavy (non-hydrogen) atoms. The highest BCUT2D eigenvalue weighted by Gasteiger charge is 2.42. The lowest BCUT2D eigenvalue weighted by molar-refractivity contribution is -0.143. The smallest absolute Gasteiger partial charge is 0.303 e. The molecule has 1 atom stereocenters. The number of nitrogens with two attached hydrogens (primary N) is 1. The Bertz CT molecular complexity index is 351. The number of likely N-dealkylation sites (tertiary alicyclic amines) is 1. The Morgan fingerprint density at radius 1 is 1.21 bits per heavy atom. The molecule has 1 saturated heterocycles. The number of aliphatic carboxylic acids is 1. The molecule has 0 spiro atoms. The number of hydrogen-bond donors (Lipinski definition) is 2. The van der Waals surface area contributed by atoms with Crippen molar-refractivity contribution in [3.63, 3.8) is 0 Å². The van der Waals surface area contributed by atoms with Crippen LogP contribution >= 0.6 is 0 Å². The lowest BCUT2D eigenvalue weighted by atomic mass is 9.91. The van der Waals surface area contributed by atoms with Crippen molar-refractivity contribution in [1.82, 2.24) is 4.90 Å². The van der Waals surface area contributed by atoms with E-state index in [0.29, 0.717) is 6.42 Å². The first-order valence-corrected chi connectivity index (χ1v) is 7.35. The van der Waals surface area contributed by atoms with Crippen LogP contribution in [0.25, 0.3) is 0 Å². The number of amides is 1. The van der Waals surface area contributed by atoms with Gasteiger partial charge in [-0.2, -0.15) is 0 Å². The second-order valence-corrected chi connectivity index (χ2v) is 5.94. The van der Waals surface area contributed by atoms with E-state index in [9.17, 15) is 9.59 Å². The van der Waals surface area contributed by atoms with E-state index in [0.717, 1.165) is 51.5 Å². The Balaban J connectivity index is 2.01. The van der Waals surface area contributed by atoms with E-state index in [4.69, 9.17) is 10.8 Å². The van der Waals surface area contributed by atoms with Gasteiger partial charge in [0.15, 0.2) is 0 Å². The van der Waals surface area contributed by atoms with E-state index >= 15 is 0 Å².